The third-order valence-corrected chi connectivity index (χ3v) is 4.52. The van der Waals surface area contributed by atoms with Crippen molar-refractivity contribution in [1.29, 1.82) is 0 Å². The van der Waals surface area contributed by atoms with Crippen molar-refractivity contribution in [3.8, 4) is 0 Å². The highest BCUT2D eigenvalue weighted by atomic mass is 16.5. The van der Waals surface area contributed by atoms with Crippen LogP contribution >= 0.6 is 0 Å². The van der Waals surface area contributed by atoms with E-state index in [2.05, 4.69) is 41.4 Å². The molecule has 1 aromatic rings. The molecule has 0 bridgehead atoms. The van der Waals surface area contributed by atoms with E-state index in [1.165, 1.54) is 36.9 Å². The summed E-state index contributed by atoms with van der Waals surface area (Å²) in [5.74, 6) is 0. The third kappa shape index (κ3) is 3.05. The fourth-order valence-corrected chi connectivity index (χ4v) is 3.52. The van der Waals surface area contributed by atoms with Crippen molar-refractivity contribution in [1.82, 2.24) is 10.2 Å². The molecule has 3 heteroatoms. The molecule has 2 aliphatic rings. The largest absolute Gasteiger partial charge is 0.375 e. The van der Waals surface area contributed by atoms with Gasteiger partial charge < -0.3 is 10.1 Å². The zero-order valence-electron chi connectivity index (χ0n) is 12.5. The summed E-state index contributed by atoms with van der Waals surface area (Å²) in [4.78, 5) is 2.63. The highest BCUT2D eigenvalue weighted by Gasteiger charge is 2.28. The van der Waals surface area contributed by atoms with E-state index in [1.54, 1.807) is 0 Å². The van der Waals surface area contributed by atoms with Crippen molar-refractivity contribution in [2.75, 3.05) is 26.2 Å². The van der Waals surface area contributed by atoms with Crippen LogP contribution in [-0.4, -0.2) is 37.2 Å². The molecular formula is C17H26N2O. The molecule has 1 fully saturated rings. The highest BCUT2D eigenvalue weighted by molar-refractivity contribution is 5.31. The zero-order valence-corrected chi connectivity index (χ0v) is 12.5. The first-order valence-corrected chi connectivity index (χ1v) is 8.01. The number of ether oxygens (including phenoxy) is 1. The Morgan fingerprint density at radius 3 is 3.05 bits per heavy atom. The lowest BCUT2D eigenvalue weighted by atomic mass is 9.97. The van der Waals surface area contributed by atoms with Crippen LogP contribution < -0.4 is 5.32 Å². The first-order chi connectivity index (χ1) is 9.88. The minimum atomic E-state index is 0.433. The summed E-state index contributed by atoms with van der Waals surface area (Å²) in [6, 6.07) is 9.87. The van der Waals surface area contributed by atoms with E-state index in [4.69, 9.17) is 4.74 Å². The molecule has 1 saturated heterocycles. The topological polar surface area (TPSA) is 24.5 Å². The van der Waals surface area contributed by atoms with Gasteiger partial charge in [0.05, 0.1) is 19.3 Å². The van der Waals surface area contributed by atoms with Crippen LogP contribution in [0.4, 0.5) is 0 Å². The van der Waals surface area contributed by atoms with Gasteiger partial charge in [0.15, 0.2) is 0 Å². The second-order valence-electron chi connectivity index (χ2n) is 6.02. The van der Waals surface area contributed by atoms with Gasteiger partial charge in [-0.25, -0.2) is 0 Å². The van der Waals surface area contributed by atoms with Gasteiger partial charge in [0.2, 0.25) is 0 Å². The molecule has 0 radical (unpaired) electrons. The number of benzene rings is 1. The standard InChI is InChI=1S/C17H26N2O/c1-2-10-19(11-15-7-5-9-18-15)17-13-20-12-14-6-3-4-8-16(14)17/h3-4,6,8,15,17-18H,2,5,7,9-13H2,1H3. The molecular weight excluding hydrogens is 248 g/mol. The van der Waals surface area contributed by atoms with Gasteiger partial charge in [0.1, 0.15) is 0 Å². The molecule has 0 aliphatic carbocycles. The maximum absolute atomic E-state index is 5.84. The van der Waals surface area contributed by atoms with Crippen LogP contribution in [0, 0.1) is 0 Å². The molecule has 0 spiro atoms. The van der Waals surface area contributed by atoms with Gasteiger partial charge in [-0.05, 0) is 43.5 Å². The minimum absolute atomic E-state index is 0.433. The smallest absolute Gasteiger partial charge is 0.0721 e. The van der Waals surface area contributed by atoms with Crippen LogP contribution in [0.5, 0.6) is 0 Å². The zero-order chi connectivity index (χ0) is 13.8. The first-order valence-electron chi connectivity index (χ1n) is 8.01. The molecule has 2 aliphatic heterocycles. The highest BCUT2D eigenvalue weighted by Crippen LogP contribution is 2.30. The van der Waals surface area contributed by atoms with Gasteiger partial charge in [0.25, 0.3) is 0 Å². The minimum Gasteiger partial charge on any atom is -0.375 e. The van der Waals surface area contributed by atoms with Crippen molar-refractivity contribution in [3.05, 3.63) is 35.4 Å². The predicted molar refractivity (Wildman–Crippen MR) is 81.7 cm³/mol. The van der Waals surface area contributed by atoms with Gasteiger partial charge in [-0.2, -0.15) is 0 Å². The van der Waals surface area contributed by atoms with Gasteiger partial charge in [-0.15, -0.1) is 0 Å². The molecule has 20 heavy (non-hydrogen) atoms. The Balaban J connectivity index is 1.76. The lowest BCUT2D eigenvalue weighted by molar-refractivity contribution is 0.0290. The summed E-state index contributed by atoms with van der Waals surface area (Å²) in [5.41, 5.74) is 2.84. The van der Waals surface area contributed by atoms with E-state index in [9.17, 15) is 0 Å². The lowest BCUT2D eigenvalue weighted by Gasteiger charge is -2.37. The molecule has 0 saturated carbocycles. The third-order valence-electron chi connectivity index (χ3n) is 4.52. The van der Waals surface area contributed by atoms with E-state index in [1.807, 2.05) is 0 Å². The van der Waals surface area contributed by atoms with Crippen molar-refractivity contribution in [2.24, 2.45) is 0 Å². The van der Waals surface area contributed by atoms with E-state index in [0.29, 0.717) is 12.1 Å². The monoisotopic (exact) mass is 274 g/mol. The molecule has 2 atom stereocenters. The van der Waals surface area contributed by atoms with Crippen molar-refractivity contribution in [2.45, 2.75) is 44.9 Å². The van der Waals surface area contributed by atoms with E-state index in [-0.39, 0.29) is 0 Å². The van der Waals surface area contributed by atoms with Gasteiger partial charge >= 0.3 is 0 Å². The number of hydrogen-bond donors (Lipinski definition) is 1. The Labute approximate surface area is 122 Å². The summed E-state index contributed by atoms with van der Waals surface area (Å²) in [6.45, 7) is 7.36. The summed E-state index contributed by atoms with van der Waals surface area (Å²) in [7, 11) is 0. The Morgan fingerprint density at radius 2 is 2.25 bits per heavy atom. The number of rotatable bonds is 5. The number of nitrogens with one attached hydrogen (secondary N) is 1. The van der Waals surface area contributed by atoms with Crippen LogP contribution in [0.1, 0.15) is 43.4 Å². The number of hydrogen-bond acceptors (Lipinski definition) is 3. The molecule has 2 heterocycles. The van der Waals surface area contributed by atoms with Crippen molar-refractivity contribution < 1.29 is 4.74 Å². The van der Waals surface area contributed by atoms with Crippen LogP contribution in [0.15, 0.2) is 24.3 Å². The van der Waals surface area contributed by atoms with E-state index < -0.39 is 0 Å². The second-order valence-corrected chi connectivity index (χ2v) is 6.02. The Hall–Kier alpha value is -0.900. The molecule has 2 unspecified atom stereocenters. The Kier molecular flexibility index (Phi) is 4.71. The van der Waals surface area contributed by atoms with Gasteiger partial charge in [-0.3, -0.25) is 4.90 Å². The molecule has 110 valence electrons. The predicted octanol–water partition coefficient (Wildman–Crippen LogP) is 2.72. The maximum atomic E-state index is 5.84. The SMILES string of the molecule is CCCN(CC1CCCN1)C1COCc2ccccc21. The quantitative estimate of drug-likeness (QED) is 0.893. The molecule has 0 aromatic heterocycles. The Morgan fingerprint density at radius 1 is 1.35 bits per heavy atom. The van der Waals surface area contributed by atoms with Crippen LogP contribution in [0.3, 0.4) is 0 Å². The molecule has 1 N–H and O–H groups in total. The summed E-state index contributed by atoms with van der Waals surface area (Å²) < 4.78 is 5.84. The molecule has 1 aromatic carbocycles. The van der Waals surface area contributed by atoms with E-state index >= 15 is 0 Å². The second kappa shape index (κ2) is 6.70. The molecule has 0 amide bonds. The molecule has 3 rings (SSSR count). The maximum Gasteiger partial charge on any atom is 0.0721 e. The summed E-state index contributed by atoms with van der Waals surface area (Å²) >= 11 is 0. The average molecular weight is 274 g/mol. The normalized spacial score (nSPS) is 25.9. The fourth-order valence-electron chi connectivity index (χ4n) is 3.52. The van der Waals surface area contributed by atoms with Gasteiger partial charge in [0, 0.05) is 12.6 Å². The first kappa shape index (κ1) is 14.1. The van der Waals surface area contributed by atoms with Crippen molar-refractivity contribution in [3.63, 3.8) is 0 Å². The Bertz CT molecular complexity index is 429. The van der Waals surface area contributed by atoms with Crippen molar-refractivity contribution >= 4 is 0 Å². The molecule has 3 nitrogen and oxygen atoms in total. The fraction of sp³-hybridized carbons (Fsp3) is 0.647. The number of nitrogens with zero attached hydrogens (tertiary/aromatic N) is 1. The summed E-state index contributed by atoms with van der Waals surface area (Å²) in [5, 5.41) is 3.63. The van der Waals surface area contributed by atoms with Gasteiger partial charge in [-0.1, -0.05) is 31.2 Å². The number of fused-ring (bicyclic) bond motifs is 1. The van der Waals surface area contributed by atoms with Crippen LogP contribution in [-0.2, 0) is 11.3 Å². The van der Waals surface area contributed by atoms with E-state index in [0.717, 1.165) is 26.3 Å². The van der Waals surface area contributed by atoms with Crippen LogP contribution in [0.25, 0.3) is 0 Å². The lowest BCUT2D eigenvalue weighted by Crippen LogP contribution is -2.42. The average Bonchev–Trinajstić information content (AvgIpc) is 2.99. The summed E-state index contributed by atoms with van der Waals surface area (Å²) in [6.07, 6.45) is 3.84. The van der Waals surface area contributed by atoms with Crippen LogP contribution in [0.2, 0.25) is 0 Å².